The van der Waals surface area contributed by atoms with Crippen LogP contribution >= 0.6 is 0 Å². The van der Waals surface area contributed by atoms with Crippen molar-refractivity contribution in [1.29, 1.82) is 0 Å². The van der Waals surface area contributed by atoms with Gasteiger partial charge >= 0.3 is 24.1 Å². The van der Waals surface area contributed by atoms with Crippen molar-refractivity contribution in [3.05, 3.63) is 146 Å². The number of nitrogens with two attached hydrogens (primary N) is 1. The van der Waals surface area contributed by atoms with Crippen molar-refractivity contribution in [2.24, 2.45) is 5.73 Å². The van der Waals surface area contributed by atoms with Gasteiger partial charge < -0.3 is 50.3 Å². The molecule has 6 N–H and O–H groups in total. The number of aliphatic hydroxyl groups is 1. The zero-order chi connectivity index (χ0) is 48.6. The number of amides is 4. The minimum atomic E-state index is -1.95. The summed E-state index contributed by atoms with van der Waals surface area (Å²) >= 11 is 0. The third-order valence-corrected chi connectivity index (χ3v) is 13.2. The van der Waals surface area contributed by atoms with Crippen LogP contribution < -0.4 is 32.0 Å². The van der Waals surface area contributed by atoms with Crippen molar-refractivity contribution in [1.82, 2.24) is 20.2 Å². The summed E-state index contributed by atoms with van der Waals surface area (Å²) in [6, 6.07) is 27.4. The highest BCUT2D eigenvalue weighted by Crippen LogP contribution is 2.45. The molecular formula is C52H50N6O11. The fraction of sp³-hybridized carbons (Fsp3) is 0.288. The summed E-state index contributed by atoms with van der Waals surface area (Å²) in [6.45, 7) is 3.85. The van der Waals surface area contributed by atoms with Crippen molar-refractivity contribution in [2.45, 2.75) is 76.3 Å². The SMILES string of the molecule is CCc1c2c(nc3ccc(OC(C(=O)OC)c4ccc(NC(=O)C(CCCNC(N)=O)NC(=O)OCC5c6ccccc6-c6ccccc65)cc4)cc13)-c1cc3c(c(=O)n1C2)COC(=O)[C@]3(O)CC. The lowest BCUT2D eigenvalue weighted by molar-refractivity contribution is -0.172. The molecule has 2 aliphatic heterocycles. The molecule has 0 bridgehead atoms. The van der Waals surface area contributed by atoms with Gasteiger partial charge in [-0.3, -0.25) is 9.59 Å². The second-order valence-electron chi connectivity index (χ2n) is 17.1. The Kier molecular flexibility index (Phi) is 12.6. The molecule has 17 nitrogen and oxygen atoms in total. The highest BCUT2D eigenvalue weighted by molar-refractivity contribution is 5.97. The second-order valence-corrected chi connectivity index (χ2v) is 17.1. The van der Waals surface area contributed by atoms with Crippen molar-refractivity contribution < 1.29 is 48.0 Å². The maximum absolute atomic E-state index is 13.8. The topological polar surface area (TPSA) is 239 Å². The second kappa shape index (κ2) is 18.9. The first kappa shape index (κ1) is 46.1. The lowest BCUT2D eigenvalue weighted by Gasteiger charge is -2.31. The Morgan fingerprint density at radius 2 is 1.65 bits per heavy atom. The van der Waals surface area contributed by atoms with Gasteiger partial charge in [-0.1, -0.05) is 74.5 Å². The summed E-state index contributed by atoms with van der Waals surface area (Å²) in [5.41, 5.74) is 11.8. The van der Waals surface area contributed by atoms with Gasteiger partial charge in [0.2, 0.25) is 12.0 Å². The zero-order valence-electron chi connectivity index (χ0n) is 38.1. The van der Waals surface area contributed by atoms with Crippen LogP contribution in [0.4, 0.5) is 15.3 Å². The van der Waals surface area contributed by atoms with E-state index in [2.05, 4.69) is 16.0 Å². The third-order valence-electron chi connectivity index (χ3n) is 13.2. The number of aromatic nitrogens is 2. The predicted octanol–water partition coefficient (Wildman–Crippen LogP) is 6.23. The molecule has 1 aliphatic carbocycles. The lowest BCUT2D eigenvalue weighted by Crippen LogP contribution is -2.44. The van der Waals surface area contributed by atoms with Crippen LogP contribution in [0.15, 0.2) is 102 Å². The van der Waals surface area contributed by atoms with Crippen LogP contribution in [0.3, 0.4) is 0 Å². The standard InChI is InChI=1S/C52H50N6O11/c1-4-31-36-23-30(20-21-41(36)56-44-37(31)25-58-43(44)24-40-39(47(58)60)27-67-49(62)52(40,65)5-2)69-45(48(61)66-3)28-16-18-29(19-17-28)55-46(59)42(15-10-22-54-50(53)63)57-51(64)68-26-38-34-13-8-6-11-32(34)33-12-7-9-14-35(33)38/h6-9,11-14,16-21,23-24,38,42,45,65H,4-5,10,15,22,25-27H2,1-3H3,(H,55,59)(H,57,64)(H3,53,54,63)/t42?,45?,52-/m0/s1. The van der Waals surface area contributed by atoms with Crippen LogP contribution in [0.25, 0.3) is 33.4 Å². The molecular weight excluding hydrogens is 885 g/mol. The molecule has 9 rings (SSSR count). The van der Waals surface area contributed by atoms with Gasteiger partial charge in [0, 0.05) is 40.2 Å². The molecule has 2 aromatic heterocycles. The summed E-state index contributed by atoms with van der Waals surface area (Å²) in [7, 11) is 1.25. The fourth-order valence-corrected chi connectivity index (χ4v) is 9.65. The minimum Gasteiger partial charge on any atom is -0.474 e. The van der Waals surface area contributed by atoms with Gasteiger partial charge in [0.15, 0.2) is 5.60 Å². The summed E-state index contributed by atoms with van der Waals surface area (Å²) in [5.74, 6) is -1.86. The third kappa shape index (κ3) is 8.61. The first-order chi connectivity index (χ1) is 33.3. The zero-order valence-corrected chi connectivity index (χ0v) is 38.1. The average Bonchev–Trinajstić information content (AvgIpc) is 3.89. The number of nitrogens with zero attached hydrogens (tertiary/aromatic N) is 2. The number of methoxy groups -OCH3 is 1. The van der Waals surface area contributed by atoms with E-state index in [4.69, 9.17) is 29.7 Å². The van der Waals surface area contributed by atoms with Gasteiger partial charge in [-0.25, -0.2) is 24.2 Å². The highest BCUT2D eigenvalue weighted by Gasteiger charge is 2.45. The van der Waals surface area contributed by atoms with E-state index in [1.165, 1.54) is 7.11 Å². The van der Waals surface area contributed by atoms with Crippen molar-refractivity contribution in [3.63, 3.8) is 0 Å². The number of benzene rings is 4. The summed E-state index contributed by atoms with van der Waals surface area (Å²) in [4.78, 5) is 83.1. The number of primary amides is 1. The molecule has 4 aromatic carbocycles. The molecule has 4 heterocycles. The maximum atomic E-state index is 13.8. The Labute approximate surface area is 395 Å². The summed E-state index contributed by atoms with van der Waals surface area (Å²) in [5, 5.41) is 20.1. The average molecular weight is 935 g/mol. The molecule has 0 spiro atoms. The number of nitrogens with one attached hydrogen (secondary N) is 3. The van der Waals surface area contributed by atoms with E-state index in [1.807, 2.05) is 55.5 Å². The number of urea groups is 1. The number of aryl methyl sites for hydroxylation is 1. The van der Waals surface area contributed by atoms with E-state index in [0.29, 0.717) is 46.7 Å². The molecule has 17 heteroatoms. The molecule has 0 radical (unpaired) electrons. The number of ether oxygens (including phenoxy) is 4. The number of alkyl carbamates (subject to hydrolysis) is 1. The molecule has 3 atom stereocenters. The number of anilines is 1. The van der Waals surface area contributed by atoms with Crippen LogP contribution in [0.2, 0.25) is 0 Å². The van der Waals surface area contributed by atoms with Gasteiger partial charge in [0.1, 0.15) is 25.0 Å². The molecule has 0 saturated carbocycles. The lowest BCUT2D eigenvalue weighted by atomic mass is 9.86. The molecule has 354 valence electrons. The number of carbonyl (C=O) groups excluding carboxylic acids is 5. The number of cyclic esters (lactones) is 1. The Bertz CT molecular complexity index is 3070. The minimum absolute atomic E-state index is 0.0295. The van der Waals surface area contributed by atoms with Gasteiger partial charge in [0.25, 0.3) is 5.56 Å². The monoisotopic (exact) mass is 934 g/mol. The molecule has 0 saturated heterocycles. The highest BCUT2D eigenvalue weighted by atomic mass is 16.6. The largest absolute Gasteiger partial charge is 0.474 e. The molecule has 69 heavy (non-hydrogen) atoms. The van der Waals surface area contributed by atoms with E-state index < -0.39 is 47.7 Å². The van der Waals surface area contributed by atoms with E-state index in [-0.39, 0.29) is 61.7 Å². The summed E-state index contributed by atoms with van der Waals surface area (Å²) < 4.78 is 24.0. The van der Waals surface area contributed by atoms with Gasteiger partial charge in [0.05, 0.1) is 36.1 Å². The molecule has 3 aliphatic rings. The van der Waals surface area contributed by atoms with E-state index in [9.17, 15) is 33.9 Å². The predicted molar refractivity (Wildman–Crippen MR) is 253 cm³/mol. The van der Waals surface area contributed by atoms with E-state index in [0.717, 1.165) is 38.8 Å². The van der Waals surface area contributed by atoms with E-state index >= 15 is 0 Å². The quantitative estimate of drug-likeness (QED) is 0.0437. The number of esters is 2. The van der Waals surface area contributed by atoms with Gasteiger partial charge in [-0.05, 0) is 89.9 Å². The Hall–Kier alpha value is -8.05. The number of pyridine rings is 2. The molecule has 2 unspecified atom stereocenters. The van der Waals surface area contributed by atoms with Crippen molar-refractivity contribution in [2.75, 3.05) is 25.6 Å². The van der Waals surface area contributed by atoms with E-state index in [1.54, 1.807) is 60.0 Å². The number of hydrogen-bond acceptors (Lipinski definition) is 12. The Morgan fingerprint density at radius 3 is 2.32 bits per heavy atom. The van der Waals surface area contributed by atoms with Crippen molar-refractivity contribution in [3.8, 4) is 28.3 Å². The smallest absolute Gasteiger partial charge is 0.407 e. The van der Waals surface area contributed by atoms with Crippen LogP contribution in [0, 0.1) is 0 Å². The molecule has 4 amide bonds. The summed E-state index contributed by atoms with van der Waals surface area (Å²) in [6.07, 6.45) is -0.957. The first-order valence-corrected chi connectivity index (χ1v) is 22.8. The van der Waals surface area contributed by atoms with Gasteiger partial charge in [-0.15, -0.1) is 0 Å². The van der Waals surface area contributed by atoms with Crippen LogP contribution in [-0.4, -0.2) is 70.9 Å². The van der Waals surface area contributed by atoms with Crippen LogP contribution in [-0.2, 0) is 53.8 Å². The number of rotatable bonds is 15. The van der Waals surface area contributed by atoms with Crippen LogP contribution in [0.1, 0.15) is 84.1 Å². The maximum Gasteiger partial charge on any atom is 0.407 e. The first-order valence-electron chi connectivity index (χ1n) is 22.8. The Balaban J connectivity index is 0.907. The number of carbonyl (C=O) groups is 5. The Morgan fingerprint density at radius 1 is 0.942 bits per heavy atom. The van der Waals surface area contributed by atoms with Gasteiger partial charge in [-0.2, -0.15) is 0 Å². The van der Waals surface area contributed by atoms with Crippen LogP contribution in [0.5, 0.6) is 5.75 Å². The molecule has 0 fully saturated rings. The van der Waals surface area contributed by atoms with Crippen molar-refractivity contribution >= 4 is 46.6 Å². The fourth-order valence-electron chi connectivity index (χ4n) is 9.65. The molecule has 6 aromatic rings. The normalized spacial score (nSPS) is 16.1. The number of fused-ring (bicyclic) bond motifs is 8. The number of hydrogen-bond donors (Lipinski definition) is 5.